The highest BCUT2D eigenvalue weighted by Crippen LogP contribution is 2.60. The van der Waals surface area contributed by atoms with Crippen LogP contribution in [0.25, 0.3) is 11.2 Å². The Morgan fingerprint density at radius 3 is 2.11 bits per heavy atom. The number of phosphoric acid groups is 2. The quantitative estimate of drug-likeness (QED) is 0.117. The predicted molar refractivity (Wildman–Crippen MR) is 151 cm³/mol. The van der Waals surface area contributed by atoms with E-state index in [1.54, 1.807) is 19.9 Å². The van der Waals surface area contributed by atoms with Gasteiger partial charge in [-0.05, 0) is 0 Å². The van der Waals surface area contributed by atoms with Crippen LogP contribution < -0.4 is 11.5 Å². The molecule has 21 nitrogen and oxygen atoms in total. The van der Waals surface area contributed by atoms with Gasteiger partial charge in [-0.1, -0.05) is 19.9 Å². The van der Waals surface area contributed by atoms with Crippen LogP contribution in [-0.4, -0.2) is 117 Å². The maximum atomic E-state index is 12.5. The molecule has 10 N–H and O–H groups in total. The van der Waals surface area contributed by atoms with E-state index in [4.69, 9.17) is 30.0 Å². The van der Waals surface area contributed by atoms with Crippen molar-refractivity contribution in [3.8, 4) is 0 Å². The van der Waals surface area contributed by atoms with Gasteiger partial charge in [-0.15, -0.1) is 0 Å². The monoisotopic (exact) mass is 693 g/mol. The highest BCUT2D eigenvalue weighted by molar-refractivity contribution is 7.61. The number of fused-ring (bicyclic) bond motifs is 1. The number of ether oxygens (including phenoxy) is 2. The Morgan fingerprint density at radius 1 is 0.957 bits per heavy atom. The Balaban J connectivity index is 1.16. The van der Waals surface area contributed by atoms with Crippen molar-refractivity contribution in [3.63, 3.8) is 0 Å². The summed E-state index contributed by atoms with van der Waals surface area (Å²) >= 11 is 0. The summed E-state index contributed by atoms with van der Waals surface area (Å²) < 4.78 is 51.1. The third-order valence-electron chi connectivity index (χ3n) is 7.54. The van der Waals surface area contributed by atoms with E-state index < -0.39 is 89.3 Å². The van der Waals surface area contributed by atoms with Crippen LogP contribution in [0.2, 0.25) is 0 Å². The first-order valence-corrected chi connectivity index (χ1v) is 16.5. The fourth-order valence-electron chi connectivity index (χ4n) is 5.04. The highest BCUT2D eigenvalue weighted by atomic mass is 31.3. The van der Waals surface area contributed by atoms with Crippen molar-refractivity contribution in [1.82, 2.24) is 24.4 Å². The molecule has 0 aliphatic carbocycles. The number of hydrogen-bond acceptors (Lipinski definition) is 17. The summed E-state index contributed by atoms with van der Waals surface area (Å²) in [5.74, 6) is -0.673. The molecule has 5 rings (SSSR count). The summed E-state index contributed by atoms with van der Waals surface area (Å²) in [7, 11) is -10.8. The first-order chi connectivity index (χ1) is 21.4. The first kappa shape index (κ1) is 34.5. The molecule has 0 spiro atoms. The van der Waals surface area contributed by atoms with Crippen molar-refractivity contribution < 1.29 is 67.0 Å². The van der Waals surface area contributed by atoms with Crippen molar-refractivity contribution in [2.45, 2.75) is 62.9 Å². The highest BCUT2D eigenvalue weighted by Gasteiger charge is 2.49. The number of amides is 1. The van der Waals surface area contributed by atoms with Gasteiger partial charge in [0.05, 0.1) is 19.5 Å². The maximum absolute atomic E-state index is 12.5. The van der Waals surface area contributed by atoms with E-state index in [9.17, 15) is 44.1 Å². The summed E-state index contributed by atoms with van der Waals surface area (Å²) in [6.07, 6.45) is -5.09. The molecule has 2 aromatic rings. The van der Waals surface area contributed by atoms with Gasteiger partial charge in [-0.3, -0.25) is 18.4 Å². The molecular weight excluding hydrogens is 660 g/mol. The standard InChI is InChI=1S/C23H33N7O14P2/c1-23(2)3-4-29(5-10(23)19(25)35)21-16(33)14(31)11(42-21)6-40-45(36,37)44-46(38,39)41-7-12-15(32)17(34)22(43-12)30-9-28-13-18(24)26-8-27-20(13)30/h3-5,8-9,11-12,14-17,21-22,31-34H,6-7H2,1-2H3,(H2,25,35)(H,36,37)(H,38,39)(H2,24,26,27). The molecule has 3 aliphatic heterocycles. The van der Waals surface area contributed by atoms with Crippen LogP contribution in [0.15, 0.2) is 36.7 Å². The average molecular weight is 694 g/mol. The van der Waals surface area contributed by atoms with E-state index in [0.29, 0.717) is 0 Å². The molecule has 0 saturated carbocycles. The second-order valence-electron chi connectivity index (χ2n) is 11.2. The van der Waals surface area contributed by atoms with Crippen LogP contribution in [0.5, 0.6) is 0 Å². The van der Waals surface area contributed by atoms with E-state index in [2.05, 4.69) is 19.3 Å². The number of anilines is 1. The summed E-state index contributed by atoms with van der Waals surface area (Å²) in [5, 5.41) is 41.9. The number of carbonyl (C=O) groups excluding carboxylic acids is 1. The molecule has 3 aliphatic rings. The number of nitrogens with zero attached hydrogens (tertiary/aromatic N) is 5. The van der Waals surface area contributed by atoms with Crippen LogP contribution >= 0.6 is 15.6 Å². The van der Waals surface area contributed by atoms with Crippen LogP contribution in [-0.2, 0) is 36.8 Å². The summed E-state index contributed by atoms with van der Waals surface area (Å²) in [4.78, 5) is 45.2. The van der Waals surface area contributed by atoms with E-state index in [1.807, 2.05) is 0 Å². The largest absolute Gasteiger partial charge is 0.481 e. The number of nitrogen functional groups attached to an aromatic ring is 1. The Morgan fingerprint density at radius 2 is 1.52 bits per heavy atom. The summed E-state index contributed by atoms with van der Waals surface area (Å²) in [5.41, 5.74) is 11.0. The van der Waals surface area contributed by atoms with Crippen LogP contribution in [0, 0.1) is 5.41 Å². The third-order valence-corrected chi connectivity index (χ3v) is 10.1. The maximum Gasteiger partial charge on any atom is 0.481 e. The molecule has 5 heterocycles. The Labute approximate surface area is 259 Å². The third kappa shape index (κ3) is 6.87. The van der Waals surface area contributed by atoms with Crippen LogP contribution in [0.3, 0.4) is 0 Å². The molecule has 10 unspecified atom stereocenters. The second-order valence-corrected chi connectivity index (χ2v) is 14.2. The van der Waals surface area contributed by atoms with Crippen molar-refractivity contribution in [2.24, 2.45) is 11.1 Å². The number of allylic oxidation sites excluding steroid dienone is 1. The average Bonchev–Trinajstić information content (AvgIpc) is 3.60. The number of aromatic nitrogens is 4. The topological polar surface area (TPSA) is 318 Å². The minimum atomic E-state index is -5.38. The lowest BCUT2D eigenvalue weighted by Gasteiger charge is -2.34. The predicted octanol–water partition coefficient (Wildman–Crippen LogP) is -2.05. The second kappa shape index (κ2) is 12.6. The molecule has 254 valence electrons. The lowest BCUT2D eigenvalue weighted by atomic mass is 9.82. The fourth-order valence-corrected chi connectivity index (χ4v) is 7.13. The van der Waals surface area contributed by atoms with E-state index in [1.165, 1.54) is 28.2 Å². The minimum absolute atomic E-state index is 0.0508. The lowest BCUT2D eigenvalue weighted by molar-refractivity contribution is -0.115. The van der Waals surface area contributed by atoms with E-state index in [-0.39, 0.29) is 22.6 Å². The van der Waals surface area contributed by atoms with Crippen molar-refractivity contribution in [2.75, 3.05) is 18.9 Å². The number of imidazole rings is 1. The van der Waals surface area contributed by atoms with Crippen molar-refractivity contribution in [3.05, 3.63) is 36.7 Å². The number of aliphatic hydroxyl groups is 4. The molecule has 0 aromatic carbocycles. The molecule has 0 bridgehead atoms. The Hall–Kier alpha value is -2.88. The molecule has 46 heavy (non-hydrogen) atoms. The Kier molecular flexibility index (Phi) is 9.45. The SMILES string of the molecule is CC1(C)C=CN(C2OC(COP(=O)(O)OP(=O)(O)OCC3OC(n4cnc5c(N)ncnc54)C(O)C3O)C(O)C2O)C=C1C(N)=O. The zero-order chi connectivity index (χ0) is 33.8. The van der Waals surface area contributed by atoms with E-state index in [0.717, 1.165) is 6.33 Å². The van der Waals surface area contributed by atoms with Gasteiger partial charge in [0.15, 0.2) is 23.9 Å². The lowest BCUT2D eigenvalue weighted by Crippen LogP contribution is -2.42. The number of primary amides is 1. The van der Waals surface area contributed by atoms with Crippen LogP contribution in [0.4, 0.5) is 5.82 Å². The normalized spacial score (nSPS) is 33.6. The van der Waals surface area contributed by atoms with Gasteiger partial charge in [-0.25, -0.2) is 24.1 Å². The van der Waals surface area contributed by atoms with Crippen LogP contribution in [0.1, 0.15) is 20.1 Å². The zero-order valence-corrected chi connectivity index (χ0v) is 25.9. The molecular formula is C23H33N7O14P2. The van der Waals surface area contributed by atoms with Crippen molar-refractivity contribution in [1.29, 1.82) is 0 Å². The number of hydrogen-bond donors (Lipinski definition) is 8. The van der Waals surface area contributed by atoms with Gasteiger partial charge in [0.1, 0.15) is 48.5 Å². The van der Waals surface area contributed by atoms with Gasteiger partial charge >= 0.3 is 15.6 Å². The molecule has 2 aromatic heterocycles. The van der Waals surface area contributed by atoms with Gasteiger partial charge < -0.3 is 56.1 Å². The Bertz CT molecular complexity index is 1640. The number of rotatable bonds is 11. The molecule has 10 atom stereocenters. The number of phosphoric ester groups is 2. The fraction of sp³-hybridized carbons (Fsp3) is 0.565. The minimum Gasteiger partial charge on any atom is -0.387 e. The number of carbonyl (C=O) groups is 1. The van der Waals surface area contributed by atoms with Gasteiger partial charge in [-0.2, -0.15) is 4.31 Å². The summed E-state index contributed by atoms with van der Waals surface area (Å²) in [6, 6.07) is 0. The number of nitrogens with two attached hydrogens (primary N) is 2. The van der Waals surface area contributed by atoms with E-state index >= 15 is 0 Å². The zero-order valence-electron chi connectivity index (χ0n) is 24.2. The van der Waals surface area contributed by atoms with Crippen molar-refractivity contribution >= 4 is 38.5 Å². The molecule has 23 heteroatoms. The molecule has 2 saturated heterocycles. The van der Waals surface area contributed by atoms with Gasteiger partial charge in [0.25, 0.3) is 0 Å². The smallest absolute Gasteiger partial charge is 0.387 e. The first-order valence-electron chi connectivity index (χ1n) is 13.5. The molecule has 2 fully saturated rings. The van der Waals surface area contributed by atoms with Gasteiger partial charge in [0.2, 0.25) is 5.91 Å². The number of aliphatic hydroxyl groups excluding tert-OH is 4. The molecule has 1 amide bonds. The molecule has 0 radical (unpaired) electrons. The summed E-state index contributed by atoms with van der Waals surface area (Å²) in [6.45, 7) is 1.67. The van der Waals surface area contributed by atoms with Gasteiger partial charge in [0, 0.05) is 23.4 Å².